The summed E-state index contributed by atoms with van der Waals surface area (Å²) >= 11 is 0.690. The summed E-state index contributed by atoms with van der Waals surface area (Å²) in [5.74, 6) is -1.76. The van der Waals surface area contributed by atoms with E-state index >= 15 is 0 Å². The molecule has 40 heavy (non-hydrogen) atoms. The third-order valence-corrected chi connectivity index (χ3v) is 7.66. The largest absolute Gasteiger partial charge is 0.320 e. The Balaban J connectivity index is 1.76. The second kappa shape index (κ2) is 11.6. The summed E-state index contributed by atoms with van der Waals surface area (Å²) in [7, 11) is 0. The van der Waals surface area contributed by atoms with Crippen LogP contribution in [-0.2, 0) is 11.3 Å². The van der Waals surface area contributed by atoms with E-state index in [-0.39, 0.29) is 32.8 Å². The molecular weight excluding hydrogens is 539 g/mol. The van der Waals surface area contributed by atoms with Gasteiger partial charge in [-0.15, -0.1) is 11.3 Å². The number of rotatable bonds is 9. The lowest BCUT2D eigenvalue weighted by atomic mass is 9.88. The minimum atomic E-state index is -2.69. The molecule has 0 fully saturated rings. The van der Waals surface area contributed by atoms with Crippen LogP contribution in [0.1, 0.15) is 54.2 Å². The number of alkyl halides is 2. The first-order valence-corrected chi connectivity index (χ1v) is 13.4. The minimum absolute atomic E-state index is 0.0659. The number of benzene rings is 2. The number of anilines is 2. The van der Waals surface area contributed by atoms with Crippen LogP contribution in [0.25, 0.3) is 16.7 Å². The minimum Gasteiger partial charge on any atom is -0.320 e. The molecule has 0 aliphatic rings. The van der Waals surface area contributed by atoms with Gasteiger partial charge in [0.05, 0.1) is 32.2 Å². The van der Waals surface area contributed by atoms with Crippen molar-refractivity contribution >= 4 is 45.8 Å². The molecular formula is C29H30F3N5O2S. The highest BCUT2D eigenvalue weighted by atomic mass is 32.1. The number of nitrogens with zero attached hydrogens (tertiary/aromatic N) is 2. The molecule has 0 aliphatic heterocycles. The third kappa shape index (κ3) is 6.43. The van der Waals surface area contributed by atoms with Crippen molar-refractivity contribution in [3.8, 4) is 5.69 Å². The van der Waals surface area contributed by atoms with E-state index < -0.39 is 24.1 Å². The van der Waals surface area contributed by atoms with Crippen molar-refractivity contribution < 1.29 is 22.8 Å². The molecule has 0 saturated heterocycles. The van der Waals surface area contributed by atoms with Crippen molar-refractivity contribution in [3.05, 3.63) is 82.3 Å². The van der Waals surface area contributed by atoms with Gasteiger partial charge in [-0.3, -0.25) is 19.5 Å². The van der Waals surface area contributed by atoms with Crippen molar-refractivity contribution in [1.29, 1.82) is 0 Å². The Morgan fingerprint density at radius 1 is 1.10 bits per heavy atom. The Bertz CT molecular complexity index is 1570. The maximum atomic E-state index is 14.5. The predicted molar refractivity (Wildman–Crippen MR) is 153 cm³/mol. The Hall–Kier alpha value is -3.96. The van der Waals surface area contributed by atoms with E-state index in [1.165, 1.54) is 30.3 Å². The molecule has 4 rings (SSSR count). The van der Waals surface area contributed by atoms with Gasteiger partial charge in [-0.05, 0) is 66.4 Å². The molecule has 2 amide bonds. The molecule has 7 nitrogen and oxygen atoms in total. The number of amides is 2. The van der Waals surface area contributed by atoms with Gasteiger partial charge in [-0.25, -0.2) is 18.2 Å². The smallest absolute Gasteiger partial charge is 0.272 e. The molecule has 210 valence electrons. The summed E-state index contributed by atoms with van der Waals surface area (Å²) in [6, 6.07) is 12.5. The van der Waals surface area contributed by atoms with Crippen molar-refractivity contribution in [2.45, 2.75) is 46.7 Å². The fourth-order valence-electron chi connectivity index (χ4n) is 3.85. The van der Waals surface area contributed by atoms with E-state index in [9.17, 15) is 22.8 Å². The van der Waals surface area contributed by atoms with E-state index in [0.29, 0.717) is 34.6 Å². The Labute approximate surface area is 234 Å². The molecule has 0 bridgehead atoms. The number of hydrogen-bond donors (Lipinski definition) is 3. The van der Waals surface area contributed by atoms with Gasteiger partial charge in [-0.2, -0.15) is 0 Å². The van der Waals surface area contributed by atoms with Crippen LogP contribution in [0.15, 0.2) is 61.2 Å². The maximum absolute atomic E-state index is 14.5. The van der Waals surface area contributed by atoms with Gasteiger partial charge in [0, 0.05) is 12.6 Å². The van der Waals surface area contributed by atoms with Crippen LogP contribution < -0.4 is 16.0 Å². The van der Waals surface area contributed by atoms with Crippen molar-refractivity contribution in [2.75, 3.05) is 10.6 Å². The molecule has 0 spiro atoms. The predicted octanol–water partition coefficient (Wildman–Crippen LogP) is 7.06. The summed E-state index contributed by atoms with van der Waals surface area (Å²) in [5.41, 5.74) is 2.51. The van der Waals surface area contributed by atoms with E-state index in [0.717, 1.165) is 11.6 Å². The lowest BCUT2D eigenvalue weighted by Crippen LogP contribution is -2.37. The molecule has 4 aromatic rings. The summed E-state index contributed by atoms with van der Waals surface area (Å²) in [5, 5.41) is 8.64. The quantitative estimate of drug-likeness (QED) is 0.188. The normalized spacial score (nSPS) is 12.5. The zero-order chi connectivity index (χ0) is 29.2. The second-order valence-corrected chi connectivity index (χ2v) is 11.5. The number of aromatic nitrogens is 2. The maximum Gasteiger partial charge on any atom is 0.272 e. The molecule has 2 aromatic heterocycles. The fraction of sp³-hybridized carbons (Fsp3) is 0.276. The number of nitrogens with one attached hydrogen (secondary N) is 3. The average molecular weight is 570 g/mol. The molecule has 0 aliphatic carbocycles. The van der Waals surface area contributed by atoms with Crippen LogP contribution in [-0.4, -0.2) is 27.4 Å². The Morgan fingerprint density at radius 2 is 1.85 bits per heavy atom. The topological polar surface area (TPSA) is 88.1 Å². The highest BCUT2D eigenvalue weighted by Gasteiger charge is 2.21. The highest BCUT2D eigenvalue weighted by Crippen LogP contribution is 2.31. The first-order chi connectivity index (χ1) is 18.9. The van der Waals surface area contributed by atoms with E-state index in [1.54, 1.807) is 4.57 Å². The summed E-state index contributed by atoms with van der Waals surface area (Å²) < 4.78 is 42.3. The molecule has 2 aromatic carbocycles. The zero-order valence-electron chi connectivity index (χ0n) is 22.5. The first-order valence-electron chi connectivity index (χ1n) is 12.5. The van der Waals surface area contributed by atoms with Gasteiger partial charge < -0.3 is 10.6 Å². The highest BCUT2D eigenvalue weighted by molar-refractivity contribution is 7.14. The number of hydrogen-bond acceptors (Lipinski definition) is 5. The summed E-state index contributed by atoms with van der Waals surface area (Å²) in [4.78, 5) is 29.4. The van der Waals surface area contributed by atoms with Gasteiger partial charge in [0.25, 0.3) is 12.3 Å². The van der Waals surface area contributed by atoms with Crippen LogP contribution in [0.3, 0.4) is 0 Å². The van der Waals surface area contributed by atoms with Crippen LogP contribution in [0.5, 0.6) is 0 Å². The van der Waals surface area contributed by atoms with Gasteiger partial charge in [0.1, 0.15) is 5.82 Å². The summed E-state index contributed by atoms with van der Waals surface area (Å²) in [6.07, 6.45) is -1.66. The van der Waals surface area contributed by atoms with E-state index in [2.05, 4.69) is 55.2 Å². The molecule has 0 saturated carbocycles. The molecule has 0 radical (unpaired) electrons. The average Bonchev–Trinajstić information content (AvgIpc) is 3.53. The Morgan fingerprint density at radius 3 is 2.50 bits per heavy atom. The van der Waals surface area contributed by atoms with Gasteiger partial charge in [0.2, 0.25) is 11.9 Å². The van der Waals surface area contributed by atoms with Crippen LogP contribution in [0, 0.1) is 11.2 Å². The third-order valence-electron chi connectivity index (χ3n) is 6.57. The molecule has 1 atom stereocenters. The lowest BCUT2D eigenvalue weighted by molar-refractivity contribution is -0.111. The van der Waals surface area contributed by atoms with Crippen LogP contribution in [0.4, 0.5) is 24.8 Å². The number of thiophene rings is 1. The molecule has 0 unspecified atom stereocenters. The monoisotopic (exact) mass is 569 g/mol. The van der Waals surface area contributed by atoms with Crippen LogP contribution in [0.2, 0.25) is 0 Å². The van der Waals surface area contributed by atoms with Crippen molar-refractivity contribution in [1.82, 2.24) is 14.9 Å². The second-order valence-electron chi connectivity index (χ2n) is 10.4. The van der Waals surface area contributed by atoms with Crippen molar-refractivity contribution in [2.24, 2.45) is 5.41 Å². The first kappa shape index (κ1) is 29.0. The summed E-state index contributed by atoms with van der Waals surface area (Å²) in [6.45, 7) is 12.5. The van der Waals surface area contributed by atoms with Gasteiger partial charge >= 0.3 is 0 Å². The standard InChI is InChI=1S/C29H30F3N5O2S/c1-6-25(38)34-20-14-18(8-9-19(20)30)37-22-10-7-17(15-33-16(2)29(3,4)5)13-21(22)35-28(37)36-27(39)24-12-11-23(40-24)26(31)32/h6-14,16,26,33H,1,15H2,2-5H3,(H,34,38)(H,35,36,39)/t16-/m0/s1. The SMILES string of the molecule is C=CC(=O)Nc1cc(-n2c(NC(=O)c3ccc(C(F)F)s3)nc3cc(CN[C@@H](C)C(C)(C)C)ccc32)ccc1F. The molecule has 2 heterocycles. The van der Waals surface area contributed by atoms with Crippen molar-refractivity contribution in [3.63, 3.8) is 0 Å². The number of fused-ring (bicyclic) bond motifs is 1. The zero-order valence-corrected chi connectivity index (χ0v) is 23.3. The molecule has 3 N–H and O–H groups in total. The molecule has 11 heteroatoms. The van der Waals surface area contributed by atoms with E-state index in [4.69, 9.17) is 0 Å². The fourth-order valence-corrected chi connectivity index (χ4v) is 4.60. The number of carbonyl (C=O) groups excluding carboxylic acids is 2. The number of carbonyl (C=O) groups is 2. The van der Waals surface area contributed by atoms with Gasteiger partial charge in [0.15, 0.2) is 0 Å². The van der Waals surface area contributed by atoms with E-state index in [1.807, 2.05) is 18.2 Å². The lowest BCUT2D eigenvalue weighted by Gasteiger charge is -2.28. The van der Waals surface area contributed by atoms with Gasteiger partial charge in [-0.1, -0.05) is 33.4 Å². The number of halogens is 3. The number of imidazole rings is 1. The van der Waals surface area contributed by atoms with Crippen LogP contribution >= 0.6 is 11.3 Å². The Kier molecular flexibility index (Phi) is 8.45.